The van der Waals surface area contributed by atoms with Gasteiger partial charge in [0.2, 0.25) is 5.78 Å². The third-order valence-corrected chi connectivity index (χ3v) is 6.84. The molecule has 6 heteroatoms. The fourth-order valence-electron chi connectivity index (χ4n) is 4.72. The topological polar surface area (TPSA) is 74.0 Å². The number of hydrogen-bond acceptors (Lipinski definition) is 5. The number of benzene rings is 3. The molecule has 6 nitrogen and oxygen atoms in total. The SMILES string of the molecule is CN(C)c1ccc(N2C(=O)C(O)=C(C(=O)c3cc4ccccc4o3)C2c2ccc(C(C)(C)C)cc2)cc1. The Morgan fingerprint density at radius 3 is 2.19 bits per heavy atom. The molecule has 4 aromatic rings. The Morgan fingerprint density at radius 2 is 1.59 bits per heavy atom. The fraction of sp³-hybridized carbons (Fsp3) is 0.226. The van der Waals surface area contributed by atoms with Crippen molar-refractivity contribution >= 4 is 34.0 Å². The molecule has 1 aliphatic heterocycles. The average molecular weight is 495 g/mol. The van der Waals surface area contributed by atoms with Gasteiger partial charge in [0, 0.05) is 30.9 Å². The number of amides is 1. The van der Waals surface area contributed by atoms with E-state index in [0.29, 0.717) is 11.3 Å². The summed E-state index contributed by atoms with van der Waals surface area (Å²) < 4.78 is 5.83. The van der Waals surface area contributed by atoms with Crippen LogP contribution in [-0.4, -0.2) is 30.9 Å². The second-order valence-electron chi connectivity index (χ2n) is 10.6. The summed E-state index contributed by atoms with van der Waals surface area (Å²) in [5.74, 6) is -1.62. The molecule has 1 unspecified atom stereocenters. The van der Waals surface area contributed by atoms with E-state index in [9.17, 15) is 14.7 Å². The van der Waals surface area contributed by atoms with E-state index in [-0.39, 0.29) is 16.7 Å². The van der Waals surface area contributed by atoms with Gasteiger partial charge in [0.15, 0.2) is 11.5 Å². The summed E-state index contributed by atoms with van der Waals surface area (Å²) in [6, 6.07) is 23.5. The van der Waals surface area contributed by atoms with Gasteiger partial charge in [-0.1, -0.05) is 63.2 Å². The number of fused-ring (bicyclic) bond motifs is 1. The lowest BCUT2D eigenvalue weighted by atomic mass is 9.85. The van der Waals surface area contributed by atoms with Crippen LogP contribution in [0.5, 0.6) is 0 Å². The molecule has 0 radical (unpaired) electrons. The zero-order valence-corrected chi connectivity index (χ0v) is 21.6. The molecule has 1 N–H and O–H groups in total. The van der Waals surface area contributed by atoms with Crippen LogP contribution in [0.4, 0.5) is 11.4 Å². The first kappa shape index (κ1) is 24.4. The van der Waals surface area contributed by atoms with Crippen molar-refractivity contribution < 1.29 is 19.1 Å². The summed E-state index contributed by atoms with van der Waals surface area (Å²) in [5.41, 5.74) is 3.91. The Hall–Kier alpha value is -4.32. The number of rotatable bonds is 5. The number of carbonyl (C=O) groups is 2. The smallest absolute Gasteiger partial charge is 0.294 e. The van der Waals surface area contributed by atoms with Crippen molar-refractivity contribution in [1.29, 1.82) is 0 Å². The largest absolute Gasteiger partial charge is 0.503 e. The van der Waals surface area contributed by atoms with E-state index in [1.165, 1.54) is 4.90 Å². The van der Waals surface area contributed by atoms with Crippen molar-refractivity contribution in [2.45, 2.75) is 32.2 Å². The van der Waals surface area contributed by atoms with Crippen LogP contribution in [0, 0.1) is 0 Å². The Labute approximate surface area is 216 Å². The maximum absolute atomic E-state index is 13.8. The first-order chi connectivity index (χ1) is 17.6. The van der Waals surface area contributed by atoms with Crippen molar-refractivity contribution in [1.82, 2.24) is 0 Å². The van der Waals surface area contributed by atoms with Gasteiger partial charge in [-0.05, 0) is 52.9 Å². The number of para-hydroxylation sites is 1. The summed E-state index contributed by atoms with van der Waals surface area (Å²) in [7, 11) is 3.88. The number of aliphatic hydroxyl groups excluding tert-OH is 1. The highest BCUT2D eigenvalue weighted by atomic mass is 16.3. The number of hydrogen-bond donors (Lipinski definition) is 1. The van der Waals surface area contributed by atoms with Gasteiger partial charge >= 0.3 is 0 Å². The molecular formula is C31H30N2O4. The van der Waals surface area contributed by atoms with Gasteiger partial charge in [-0.15, -0.1) is 0 Å². The molecule has 1 aliphatic rings. The minimum absolute atomic E-state index is 0.00394. The number of ketones is 1. The molecule has 188 valence electrons. The lowest BCUT2D eigenvalue weighted by Crippen LogP contribution is -2.31. The second-order valence-corrected chi connectivity index (χ2v) is 10.6. The number of nitrogens with zero attached hydrogens (tertiary/aromatic N) is 2. The quantitative estimate of drug-likeness (QED) is 0.317. The van der Waals surface area contributed by atoms with Crippen LogP contribution >= 0.6 is 0 Å². The summed E-state index contributed by atoms with van der Waals surface area (Å²) in [4.78, 5) is 30.7. The molecule has 5 rings (SSSR count). The van der Waals surface area contributed by atoms with Crippen LogP contribution in [0.1, 0.15) is 48.5 Å². The highest BCUT2D eigenvalue weighted by molar-refractivity contribution is 6.20. The van der Waals surface area contributed by atoms with E-state index in [1.807, 2.05) is 85.7 Å². The van der Waals surface area contributed by atoms with Gasteiger partial charge in [-0.2, -0.15) is 0 Å². The fourth-order valence-corrected chi connectivity index (χ4v) is 4.72. The number of aliphatic hydroxyl groups is 1. The van der Waals surface area contributed by atoms with Crippen molar-refractivity contribution in [2.24, 2.45) is 0 Å². The third kappa shape index (κ3) is 4.29. The number of carbonyl (C=O) groups excluding carboxylic acids is 2. The lowest BCUT2D eigenvalue weighted by molar-refractivity contribution is -0.117. The van der Waals surface area contributed by atoms with Gasteiger partial charge in [-0.25, -0.2) is 0 Å². The van der Waals surface area contributed by atoms with E-state index in [2.05, 4.69) is 20.8 Å². The first-order valence-electron chi connectivity index (χ1n) is 12.2. The molecule has 0 spiro atoms. The highest BCUT2D eigenvalue weighted by Crippen LogP contribution is 2.43. The van der Waals surface area contributed by atoms with Crippen LogP contribution < -0.4 is 9.80 Å². The molecule has 1 aromatic heterocycles. The van der Waals surface area contributed by atoms with Crippen LogP contribution in [0.25, 0.3) is 11.0 Å². The average Bonchev–Trinajstić information content (AvgIpc) is 3.42. The van der Waals surface area contributed by atoms with E-state index < -0.39 is 23.5 Å². The molecule has 0 bridgehead atoms. The molecule has 37 heavy (non-hydrogen) atoms. The van der Waals surface area contributed by atoms with E-state index in [0.717, 1.165) is 22.2 Å². The maximum Gasteiger partial charge on any atom is 0.294 e. The molecule has 0 fully saturated rings. The first-order valence-corrected chi connectivity index (χ1v) is 12.2. The minimum atomic E-state index is -0.813. The van der Waals surface area contributed by atoms with Gasteiger partial charge in [0.1, 0.15) is 5.58 Å². The van der Waals surface area contributed by atoms with Gasteiger partial charge in [-0.3, -0.25) is 14.5 Å². The second kappa shape index (κ2) is 8.96. The predicted molar refractivity (Wildman–Crippen MR) is 146 cm³/mol. The van der Waals surface area contributed by atoms with Crippen molar-refractivity contribution in [3.8, 4) is 0 Å². The molecule has 0 saturated heterocycles. The number of Topliss-reactive ketones (excluding diaryl/α,β-unsaturated/α-hetero) is 1. The zero-order valence-electron chi connectivity index (χ0n) is 21.6. The molecule has 1 amide bonds. The molecule has 0 saturated carbocycles. The maximum atomic E-state index is 13.8. The van der Waals surface area contributed by atoms with Gasteiger partial charge in [0.05, 0.1) is 11.6 Å². The Kier molecular flexibility index (Phi) is 5.91. The number of anilines is 2. The van der Waals surface area contributed by atoms with Gasteiger partial charge in [0.25, 0.3) is 5.91 Å². The molecule has 2 heterocycles. The van der Waals surface area contributed by atoms with E-state index >= 15 is 0 Å². The monoisotopic (exact) mass is 494 g/mol. The Morgan fingerprint density at radius 1 is 0.946 bits per heavy atom. The van der Waals surface area contributed by atoms with Crippen LogP contribution in [-0.2, 0) is 10.2 Å². The molecular weight excluding hydrogens is 464 g/mol. The normalized spacial score (nSPS) is 16.1. The standard InChI is InChI=1S/C31H30N2O4/c1-31(2,3)21-12-10-19(11-13-21)27-26(28(34)25-18-20-8-6-7-9-24(20)37-25)29(35)30(36)33(27)23-16-14-22(15-17-23)32(4)5/h6-18,27,35H,1-5H3. The van der Waals surface area contributed by atoms with Crippen molar-refractivity contribution in [3.63, 3.8) is 0 Å². The van der Waals surface area contributed by atoms with Crippen molar-refractivity contribution in [3.05, 3.63) is 107 Å². The van der Waals surface area contributed by atoms with Crippen LogP contribution in [0.2, 0.25) is 0 Å². The Balaban J connectivity index is 1.63. The summed E-state index contributed by atoms with van der Waals surface area (Å²) >= 11 is 0. The summed E-state index contributed by atoms with van der Waals surface area (Å²) in [5, 5.41) is 11.8. The predicted octanol–water partition coefficient (Wildman–Crippen LogP) is 6.58. The minimum Gasteiger partial charge on any atom is -0.503 e. The highest BCUT2D eigenvalue weighted by Gasteiger charge is 2.45. The van der Waals surface area contributed by atoms with Crippen LogP contribution in [0.3, 0.4) is 0 Å². The van der Waals surface area contributed by atoms with Crippen LogP contribution in [0.15, 0.2) is 94.6 Å². The molecule has 3 aromatic carbocycles. The molecule has 1 atom stereocenters. The summed E-state index contributed by atoms with van der Waals surface area (Å²) in [6.07, 6.45) is 0. The van der Waals surface area contributed by atoms with Gasteiger partial charge < -0.3 is 14.4 Å². The number of furan rings is 1. The van der Waals surface area contributed by atoms with E-state index in [1.54, 1.807) is 12.1 Å². The lowest BCUT2D eigenvalue weighted by Gasteiger charge is -2.28. The zero-order chi connectivity index (χ0) is 26.5. The molecule has 0 aliphatic carbocycles. The summed E-state index contributed by atoms with van der Waals surface area (Å²) in [6.45, 7) is 6.38. The third-order valence-electron chi connectivity index (χ3n) is 6.84. The Bertz CT molecular complexity index is 1490. The van der Waals surface area contributed by atoms with E-state index in [4.69, 9.17) is 4.42 Å². The van der Waals surface area contributed by atoms with Crippen molar-refractivity contribution in [2.75, 3.05) is 23.9 Å².